The minimum absolute atomic E-state index is 0.115. The lowest BCUT2D eigenvalue weighted by Crippen LogP contribution is -1.89. The summed E-state index contributed by atoms with van der Waals surface area (Å²) < 4.78 is 0. The number of hydrogen-bond donors (Lipinski definition) is 0. The van der Waals surface area contributed by atoms with E-state index in [1.807, 2.05) is 35.7 Å². The van der Waals surface area contributed by atoms with Crippen molar-refractivity contribution in [3.63, 3.8) is 0 Å². The summed E-state index contributed by atoms with van der Waals surface area (Å²) in [6.45, 7) is 0. The molecule has 78 valence electrons. The highest BCUT2D eigenvalue weighted by Gasteiger charge is 2.15. The van der Waals surface area contributed by atoms with Crippen molar-refractivity contribution in [1.29, 1.82) is 0 Å². The van der Waals surface area contributed by atoms with E-state index in [1.54, 1.807) is 11.3 Å². The van der Waals surface area contributed by atoms with E-state index in [1.165, 1.54) is 0 Å². The van der Waals surface area contributed by atoms with Crippen molar-refractivity contribution < 1.29 is 0 Å². The van der Waals surface area contributed by atoms with Gasteiger partial charge >= 0.3 is 0 Å². The molecule has 0 nitrogen and oxygen atoms in total. The highest BCUT2D eigenvalue weighted by atomic mass is 79.9. The van der Waals surface area contributed by atoms with Crippen molar-refractivity contribution >= 4 is 50.5 Å². The van der Waals surface area contributed by atoms with Gasteiger partial charge < -0.3 is 0 Å². The topological polar surface area (TPSA) is 0 Å². The Balaban J connectivity index is 2.36. The fourth-order valence-corrected chi connectivity index (χ4v) is 3.65. The Labute approximate surface area is 111 Å². The number of hydrogen-bond acceptors (Lipinski definition) is 1. The maximum atomic E-state index is 6.07. The highest BCUT2D eigenvalue weighted by molar-refractivity contribution is 9.09. The molecule has 1 unspecified atom stereocenters. The number of thiophene rings is 1. The molecule has 4 heteroatoms. The van der Waals surface area contributed by atoms with Crippen LogP contribution in [-0.4, -0.2) is 0 Å². The van der Waals surface area contributed by atoms with Crippen LogP contribution in [0.5, 0.6) is 0 Å². The zero-order chi connectivity index (χ0) is 10.8. The van der Waals surface area contributed by atoms with Gasteiger partial charge in [0.2, 0.25) is 0 Å². The Morgan fingerprint density at radius 3 is 2.60 bits per heavy atom. The third-order valence-corrected chi connectivity index (χ3v) is 4.96. The summed E-state index contributed by atoms with van der Waals surface area (Å²) in [7, 11) is 0. The van der Waals surface area contributed by atoms with Gasteiger partial charge in [0.05, 0.1) is 9.85 Å². The molecule has 1 atom stereocenters. The maximum absolute atomic E-state index is 6.07. The molecule has 0 saturated heterocycles. The molecule has 0 aliphatic rings. The van der Waals surface area contributed by atoms with Crippen LogP contribution in [-0.2, 0) is 0 Å². The van der Waals surface area contributed by atoms with Crippen LogP contribution in [0.2, 0.25) is 10.0 Å². The van der Waals surface area contributed by atoms with E-state index in [-0.39, 0.29) is 4.83 Å². The van der Waals surface area contributed by atoms with Crippen molar-refractivity contribution in [3.05, 3.63) is 56.2 Å². The van der Waals surface area contributed by atoms with Crippen LogP contribution < -0.4 is 0 Å². The van der Waals surface area contributed by atoms with Crippen molar-refractivity contribution in [3.8, 4) is 0 Å². The first-order valence-electron chi connectivity index (χ1n) is 4.31. The van der Waals surface area contributed by atoms with E-state index in [0.717, 1.165) is 20.5 Å². The molecule has 0 aliphatic carbocycles. The Kier molecular flexibility index (Phi) is 3.73. The maximum Gasteiger partial charge on any atom is 0.0753 e. The summed E-state index contributed by atoms with van der Waals surface area (Å²) in [5.74, 6) is 0. The molecule has 15 heavy (non-hydrogen) atoms. The minimum Gasteiger partial charge on any atom is -0.146 e. The van der Waals surface area contributed by atoms with E-state index < -0.39 is 0 Å². The van der Waals surface area contributed by atoms with Crippen molar-refractivity contribution in [2.75, 3.05) is 0 Å². The van der Waals surface area contributed by atoms with E-state index in [9.17, 15) is 0 Å². The van der Waals surface area contributed by atoms with Gasteiger partial charge in [0.15, 0.2) is 0 Å². The molecule has 2 aromatic rings. The molecule has 0 fully saturated rings. The molecule has 2 rings (SSSR count). The van der Waals surface area contributed by atoms with Gasteiger partial charge in [0.1, 0.15) is 0 Å². The van der Waals surface area contributed by atoms with E-state index in [2.05, 4.69) is 15.9 Å². The van der Waals surface area contributed by atoms with Gasteiger partial charge in [0.25, 0.3) is 0 Å². The molecule has 0 amide bonds. The second-order valence-corrected chi connectivity index (χ2v) is 5.76. The number of rotatable bonds is 2. The second-order valence-electron chi connectivity index (χ2n) is 3.05. The van der Waals surface area contributed by atoms with Crippen LogP contribution in [0.1, 0.15) is 15.3 Å². The first-order valence-corrected chi connectivity index (χ1v) is 6.86. The monoisotopic (exact) mass is 320 g/mol. The summed E-state index contributed by atoms with van der Waals surface area (Å²) in [4.78, 5) is 1.22. The van der Waals surface area contributed by atoms with Crippen molar-refractivity contribution in [1.82, 2.24) is 0 Å². The zero-order valence-corrected chi connectivity index (χ0v) is 11.5. The predicted octanol–water partition coefficient (Wildman–Crippen LogP) is 5.54. The summed E-state index contributed by atoms with van der Waals surface area (Å²) >= 11 is 17.3. The van der Waals surface area contributed by atoms with Crippen LogP contribution >= 0.6 is 50.5 Å². The zero-order valence-electron chi connectivity index (χ0n) is 7.58. The van der Waals surface area contributed by atoms with Gasteiger partial charge in [-0.25, -0.2) is 0 Å². The second kappa shape index (κ2) is 4.88. The van der Waals surface area contributed by atoms with Gasteiger partial charge in [-0.15, -0.1) is 11.3 Å². The third kappa shape index (κ3) is 2.56. The summed E-state index contributed by atoms with van der Waals surface area (Å²) in [6, 6.07) is 9.67. The first-order chi connectivity index (χ1) is 7.18. The molecule has 0 radical (unpaired) electrons. The third-order valence-electron chi connectivity index (χ3n) is 2.02. The van der Waals surface area contributed by atoms with Gasteiger partial charge in [0, 0.05) is 9.90 Å². The molecule has 1 heterocycles. The minimum atomic E-state index is 0.115. The SMILES string of the molecule is Clc1cccc(C(Br)c2sccc2Cl)c1. The molecule has 1 aromatic carbocycles. The molecule has 0 bridgehead atoms. The van der Waals surface area contributed by atoms with E-state index in [0.29, 0.717) is 0 Å². The quantitative estimate of drug-likeness (QED) is 0.637. The normalized spacial score (nSPS) is 12.7. The van der Waals surface area contributed by atoms with E-state index >= 15 is 0 Å². The Morgan fingerprint density at radius 1 is 1.20 bits per heavy atom. The lowest BCUT2D eigenvalue weighted by Gasteiger charge is -2.09. The highest BCUT2D eigenvalue weighted by Crippen LogP contribution is 2.39. The average Bonchev–Trinajstić information content (AvgIpc) is 2.63. The van der Waals surface area contributed by atoms with Crippen molar-refractivity contribution in [2.45, 2.75) is 4.83 Å². The first kappa shape index (κ1) is 11.5. The van der Waals surface area contributed by atoms with Crippen LogP contribution in [0.3, 0.4) is 0 Å². The largest absolute Gasteiger partial charge is 0.146 e. The summed E-state index contributed by atoms with van der Waals surface area (Å²) in [6.07, 6.45) is 0. The number of alkyl halides is 1. The predicted molar refractivity (Wildman–Crippen MR) is 71.6 cm³/mol. The molecule has 0 spiro atoms. The number of halogens is 3. The van der Waals surface area contributed by atoms with Gasteiger partial charge in [-0.1, -0.05) is 51.3 Å². The van der Waals surface area contributed by atoms with Crippen LogP contribution in [0.15, 0.2) is 35.7 Å². The molecule has 0 saturated carbocycles. The Morgan fingerprint density at radius 2 is 2.00 bits per heavy atom. The molecule has 1 aromatic heterocycles. The molecular formula is C11H7BrCl2S. The summed E-state index contributed by atoms with van der Waals surface area (Å²) in [5, 5.41) is 3.52. The van der Waals surface area contributed by atoms with Gasteiger partial charge in [-0.05, 0) is 29.1 Å². The van der Waals surface area contributed by atoms with Crippen LogP contribution in [0.25, 0.3) is 0 Å². The van der Waals surface area contributed by atoms with Crippen molar-refractivity contribution in [2.24, 2.45) is 0 Å². The fourth-order valence-electron chi connectivity index (χ4n) is 1.30. The van der Waals surface area contributed by atoms with Crippen LogP contribution in [0, 0.1) is 0 Å². The smallest absolute Gasteiger partial charge is 0.0753 e. The standard InChI is InChI=1S/C11H7BrCl2S/c12-10(11-9(14)4-5-15-11)7-2-1-3-8(13)6-7/h1-6,10H. The van der Waals surface area contributed by atoms with Crippen LogP contribution in [0.4, 0.5) is 0 Å². The Hall–Kier alpha value is -0.0200. The molecule has 0 aliphatic heterocycles. The average molecular weight is 322 g/mol. The lowest BCUT2D eigenvalue weighted by molar-refractivity contribution is 1.23. The molecule has 0 N–H and O–H groups in total. The molecular weight excluding hydrogens is 315 g/mol. The lowest BCUT2D eigenvalue weighted by atomic mass is 10.1. The van der Waals surface area contributed by atoms with E-state index in [4.69, 9.17) is 23.2 Å². The number of benzene rings is 1. The Bertz CT molecular complexity index is 467. The fraction of sp³-hybridized carbons (Fsp3) is 0.0909. The van der Waals surface area contributed by atoms with Gasteiger partial charge in [-0.2, -0.15) is 0 Å². The summed E-state index contributed by atoms with van der Waals surface area (Å²) in [5.41, 5.74) is 1.12. The van der Waals surface area contributed by atoms with Gasteiger partial charge in [-0.3, -0.25) is 0 Å².